The van der Waals surface area contributed by atoms with E-state index in [4.69, 9.17) is 9.47 Å². The van der Waals surface area contributed by atoms with Crippen molar-refractivity contribution in [1.29, 1.82) is 0 Å². The Bertz CT molecular complexity index is 1100. The number of hydrogen-bond acceptors (Lipinski definition) is 6. The third kappa shape index (κ3) is 5.06. The van der Waals surface area contributed by atoms with Crippen LogP contribution in [0, 0.1) is 0 Å². The Morgan fingerprint density at radius 3 is 2.31 bits per heavy atom. The molecule has 0 aliphatic heterocycles. The topological polar surface area (TPSA) is 72.9 Å². The van der Waals surface area contributed by atoms with Gasteiger partial charge >= 0.3 is 5.97 Å². The fraction of sp³-hybridized carbons (Fsp3) is 0.240. The Morgan fingerprint density at radius 1 is 0.969 bits per heavy atom. The summed E-state index contributed by atoms with van der Waals surface area (Å²) in [5.41, 5.74) is 1.40. The van der Waals surface area contributed by atoms with Gasteiger partial charge in [-0.05, 0) is 48.1 Å². The maximum absolute atomic E-state index is 12.9. The van der Waals surface area contributed by atoms with Gasteiger partial charge in [0.2, 0.25) is 5.78 Å². The quantitative estimate of drug-likeness (QED) is 0.359. The molecule has 0 unspecified atom stereocenters. The molecule has 1 fully saturated rings. The number of carbonyl (C=O) groups is 3. The minimum Gasteiger partial charge on any atom is -0.497 e. The normalized spacial score (nSPS) is 12.8. The average Bonchev–Trinajstić information content (AvgIpc) is 3.53. The number of rotatable bonds is 9. The lowest BCUT2D eigenvalue weighted by Crippen LogP contribution is -2.36. The first-order chi connectivity index (χ1) is 15.6. The second kappa shape index (κ2) is 9.78. The monoisotopic (exact) mass is 449 g/mol. The fourth-order valence-corrected chi connectivity index (χ4v) is 4.10. The molecular formula is C25H23NO5S. The van der Waals surface area contributed by atoms with Crippen LogP contribution in [-0.4, -0.2) is 42.3 Å². The zero-order valence-electron chi connectivity index (χ0n) is 17.7. The summed E-state index contributed by atoms with van der Waals surface area (Å²) < 4.78 is 10.5. The van der Waals surface area contributed by atoms with Gasteiger partial charge in [-0.2, -0.15) is 0 Å². The molecule has 0 atom stereocenters. The summed E-state index contributed by atoms with van der Waals surface area (Å²) in [5, 5.41) is 1.81. The molecule has 32 heavy (non-hydrogen) atoms. The van der Waals surface area contributed by atoms with Crippen molar-refractivity contribution in [2.75, 3.05) is 13.7 Å². The van der Waals surface area contributed by atoms with Crippen LogP contribution in [0.5, 0.6) is 5.75 Å². The Hall–Kier alpha value is -3.45. The highest BCUT2D eigenvalue weighted by atomic mass is 32.1. The van der Waals surface area contributed by atoms with Gasteiger partial charge in [0.15, 0.2) is 6.61 Å². The number of ketones is 1. The Balaban J connectivity index is 1.42. The van der Waals surface area contributed by atoms with Crippen molar-refractivity contribution in [2.24, 2.45) is 0 Å². The zero-order chi connectivity index (χ0) is 22.5. The van der Waals surface area contributed by atoms with Crippen molar-refractivity contribution in [1.82, 2.24) is 4.90 Å². The van der Waals surface area contributed by atoms with Crippen LogP contribution in [-0.2, 0) is 16.1 Å². The van der Waals surface area contributed by atoms with Gasteiger partial charge in [-0.3, -0.25) is 9.59 Å². The minimum atomic E-state index is -0.681. The SMILES string of the molecule is COc1ccc(CN(C(=O)COC(=O)c2ccccc2C(=O)c2cccs2)C2CC2)cc1. The lowest BCUT2D eigenvalue weighted by molar-refractivity contribution is -0.135. The molecule has 1 aliphatic carbocycles. The molecule has 1 saturated carbocycles. The third-order valence-electron chi connectivity index (χ3n) is 5.28. The van der Waals surface area contributed by atoms with E-state index in [9.17, 15) is 14.4 Å². The lowest BCUT2D eigenvalue weighted by atomic mass is 10.0. The van der Waals surface area contributed by atoms with Crippen LogP contribution >= 0.6 is 11.3 Å². The van der Waals surface area contributed by atoms with Crippen LogP contribution in [0.15, 0.2) is 66.0 Å². The summed E-state index contributed by atoms with van der Waals surface area (Å²) in [6, 6.07) is 17.7. The molecular weight excluding hydrogens is 426 g/mol. The fourth-order valence-electron chi connectivity index (χ4n) is 3.42. The van der Waals surface area contributed by atoms with Gasteiger partial charge in [0.05, 0.1) is 17.6 Å². The summed E-state index contributed by atoms with van der Waals surface area (Å²) in [4.78, 5) is 40.6. The van der Waals surface area contributed by atoms with Crippen LogP contribution in [0.25, 0.3) is 0 Å². The molecule has 1 amide bonds. The molecule has 0 bridgehead atoms. The highest BCUT2D eigenvalue weighted by Crippen LogP contribution is 2.29. The highest BCUT2D eigenvalue weighted by molar-refractivity contribution is 7.12. The smallest absolute Gasteiger partial charge is 0.339 e. The molecule has 0 N–H and O–H groups in total. The average molecular weight is 450 g/mol. The van der Waals surface area contributed by atoms with E-state index >= 15 is 0 Å². The maximum atomic E-state index is 12.9. The predicted octanol–water partition coefficient (Wildman–Crippen LogP) is 4.34. The second-order valence-corrected chi connectivity index (χ2v) is 8.48. The molecule has 1 heterocycles. The first-order valence-electron chi connectivity index (χ1n) is 10.3. The standard InChI is InChI=1S/C25H23NO5S/c1-30-19-12-8-17(9-13-19)15-26(18-10-11-18)23(27)16-31-25(29)21-6-3-2-5-20(21)24(28)22-7-4-14-32-22/h2-9,12-14,18H,10-11,15-16H2,1H3. The molecule has 0 radical (unpaired) electrons. The summed E-state index contributed by atoms with van der Waals surface area (Å²) in [5.74, 6) is -0.418. The molecule has 7 heteroatoms. The summed E-state index contributed by atoms with van der Waals surface area (Å²) in [6.45, 7) is 0.0749. The molecule has 0 spiro atoms. The molecule has 1 aromatic heterocycles. The van der Waals surface area contributed by atoms with Crippen molar-refractivity contribution in [3.8, 4) is 5.75 Å². The van der Waals surface area contributed by atoms with Gasteiger partial charge in [0, 0.05) is 18.2 Å². The summed E-state index contributed by atoms with van der Waals surface area (Å²) in [7, 11) is 1.61. The minimum absolute atomic E-state index is 0.159. The van der Waals surface area contributed by atoms with Crippen LogP contribution in [0.2, 0.25) is 0 Å². The van der Waals surface area contributed by atoms with Crippen LogP contribution in [0.4, 0.5) is 0 Å². The van der Waals surface area contributed by atoms with E-state index < -0.39 is 5.97 Å². The van der Waals surface area contributed by atoms with E-state index in [1.807, 2.05) is 29.6 Å². The van der Waals surface area contributed by atoms with Gasteiger partial charge in [-0.15, -0.1) is 11.3 Å². The van der Waals surface area contributed by atoms with E-state index in [-0.39, 0.29) is 35.5 Å². The highest BCUT2D eigenvalue weighted by Gasteiger charge is 2.33. The first-order valence-corrected chi connectivity index (χ1v) is 11.2. The maximum Gasteiger partial charge on any atom is 0.339 e. The number of nitrogens with zero attached hydrogens (tertiary/aromatic N) is 1. The van der Waals surface area contributed by atoms with Crippen LogP contribution in [0.1, 0.15) is 44.0 Å². The number of benzene rings is 2. The van der Waals surface area contributed by atoms with Gasteiger partial charge in [-0.1, -0.05) is 36.4 Å². The Morgan fingerprint density at radius 2 is 1.69 bits per heavy atom. The van der Waals surface area contributed by atoms with Gasteiger partial charge in [0.25, 0.3) is 5.91 Å². The number of hydrogen-bond donors (Lipinski definition) is 0. The van der Waals surface area contributed by atoms with E-state index in [0.29, 0.717) is 11.4 Å². The van der Waals surface area contributed by atoms with E-state index in [2.05, 4.69) is 0 Å². The molecule has 4 rings (SSSR count). The number of amides is 1. The predicted molar refractivity (Wildman–Crippen MR) is 121 cm³/mol. The molecule has 1 aliphatic rings. The molecule has 2 aromatic carbocycles. The number of methoxy groups -OCH3 is 1. The Labute approximate surface area is 190 Å². The number of esters is 1. The molecule has 0 saturated heterocycles. The number of ether oxygens (including phenoxy) is 2. The van der Waals surface area contributed by atoms with Crippen LogP contribution < -0.4 is 4.74 Å². The van der Waals surface area contributed by atoms with Gasteiger partial charge in [-0.25, -0.2) is 4.79 Å². The van der Waals surface area contributed by atoms with Gasteiger partial charge < -0.3 is 14.4 Å². The van der Waals surface area contributed by atoms with E-state index in [1.165, 1.54) is 11.3 Å². The molecule has 164 valence electrons. The molecule has 6 nitrogen and oxygen atoms in total. The van der Waals surface area contributed by atoms with Crippen molar-refractivity contribution in [3.05, 3.63) is 87.6 Å². The van der Waals surface area contributed by atoms with E-state index in [1.54, 1.807) is 48.4 Å². The third-order valence-corrected chi connectivity index (χ3v) is 6.15. The first kappa shape index (κ1) is 21.8. The van der Waals surface area contributed by atoms with E-state index in [0.717, 1.165) is 24.2 Å². The van der Waals surface area contributed by atoms with Crippen molar-refractivity contribution < 1.29 is 23.9 Å². The largest absolute Gasteiger partial charge is 0.497 e. The summed E-state index contributed by atoms with van der Waals surface area (Å²) in [6.07, 6.45) is 1.88. The summed E-state index contributed by atoms with van der Waals surface area (Å²) >= 11 is 1.31. The van der Waals surface area contributed by atoms with Crippen molar-refractivity contribution in [2.45, 2.75) is 25.4 Å². The number of thiophene rings is 1. The Kier molecular flexibility index (Phi) is 6.66. The van der Waals surface area contributed by atoms with Crippen molar-refractivity contribution in [3.63, 3.8) is 0 Å². The van der Waals surface area contributed by atoms with Crippen molar-refractivity contribution >= 4 is 29.0 Å². The molecule has 3 aromatic rings. The second-order valence-electron chi connectivity index (χ2n) is 7.53. The number of carbonyl (C=O) groups excluding carboxylic acids is 3. The lowest BCUT2D eigenvalue weighted by Gasteiger charge is -2.22. The van der Waals surface area contributed by atoms with Gasteiger partial charge in [0.1, 0.15) is 5.75 Å². The zero-order valence-corrected chi connectivity index (χ0v) is 18.5. The van der Waals surface area contributed by atoms with Crippen LogP contribution in [0.3, 0.4) is 0 Å².